The molecule has 146 valence electrons. The molecule has 6 heteroatoms. The van der Waals surface area contributed by atoms with Crippen molar-refractivity contribution in [1.29, 1.82) is 0 Å². The van der Waals surface area contributed by atoms with Gasteiger partial charge in [-0.15, -0.1) is 0 Å². The summed E-state index contributed by atoms with van der Waals surface area (Å²) in [5, 5.41) is 0. The molecule has 1 amide bonds. The first-order valence-electron chi connectivity index (χ1n) is 9.72. The smallest absolute Gasteiger partial charge is 0.326 e. The van der Waals surface area contributed by atoms with Crippen LogP contribution in [0.5, 0.6) is 0 Å². The first-order chi connectivity index (χ1) is 13.6. The highest BCUT2D eigenvalue weighted by Crippen LogP contribution is 2.17. The van der Waals surface area contributed by atoms with Crippen LogP contribution in [0.2, 0.25) is 0 Å². The summed E-state index contributed by atoms with van der Waals surface area (Å²) in [5.74, 6) is -0.0798. The molecule has 0 radical (unpaired) electrons. The molecule has 4 rings (SSSR count). The molecule has 0 aliphatic carbocycles. The van der Waals surface area contributed by atoms with Crippen molar-refractivity contribution >= 4 is 16.9 Å². The van der Waals surface area contributed by atoms with Gasteiger partial charge in [0.05, 0.1) is 17.1 Å². The zero-order valence-corrected chi connectivity index (χ0v) is 16.1. The van der Waals surface area contributed by atoms with Gasteiger partial charge >= 0.3 is 5.69 Å². The van der Waals surface area contributed by atoms with E-state index in [4.69, 9.17) is 4.74 Å². The van der Waals surface area contributed by atoms with Crippen molar-refractivity contribution in [2.75, 3.05) is 13.2 Å². The highest BCUT2D eigenvalue weighted by molar-refractivity contribution is 5.80. The van der Waals surface area contributed by atoms with E-state index in [-0.39, 0.29) is 24.2 Å². The van der Waals surface area contributed by atoms with E-state index in [1.807, 2.05) is 54.3 Å². The number of carbonyl (C=O) groups is 1. The molecule has 1 fully saturated rings. The van der Waals surface area contributed by atoms with Crippen LogP contribution in [0.15, 0.2) is 53.3 Å². The molecule has 0 saturated carbocycles. The van der Waals surface area contributed by atoms with E-state index in [0.717, 1.165) is 41.6 Å². The lowest BCUT2D eigenvalue weighted by Gasteiger charge is -2.26. The minimum absolute atomic E-state index is 0.0153. The van der Waals surface area contributed by atoms with Crippen molar-refractivity contribution < 1.29 is 9.53 Å². The number of hydrogen-bond acceptors (Lipinski definition) is 3. The number of H-pyrrole nitrogens is 1. The predicted octanol–water partition coefficient (Wildman–Crippen LogP) is 2.85. The fourth-order valence-electron chi connectivity index (χ4n) is 3.82. The third-order valence-corrected chi connectivity index (χ3v) is 5.23. The maximum atomic E-state index is 13.2. The molecule has 2 aromatic carbocycles. The van der Waals surface area contributed by atoms with Gasteiger partial charge in [-0.2, -0.15) is 0 Å². The van der Waals surface area contributed by atoms with Crippen molar-refractivity contribution in [2.24, 2.45) is 0 Å². The Kier molecular flexibility index (Phi) is 5.30. The van der Waals surface area contributed by atoms with E-state index in [1.165, 1.54) is 4.57 Å². The second-order valence-electron chi connectivity index (χ2n) is 7.43. The van der Waals surface area contributed by atoms with Crippen LogP contribution in [0.3, 0.4) is 0 Å². The number of nitrogens with zero attached hydrogens (tertiary/aromatic N) is 2. The normalized spacial score (nSPS) is 16.5. The summed E-state index contributed by atoms with van der Waals surface area (Å²) in [6, 6.07) is 15.6. The second kappa shape index (κ2) is 8.02. The van der Waals surface area contributed by atoms with E-state index >= 15 is 0 Å². The maximum absolute atomic E-state index is 13.2. The number of carbonyl (C=O) groups excluding carboxylic acids is 1. The van der Waals surface area contributed by atoms with Crippen molar-refractivity contribution in [3.8, 4) is 0 Å². The van der Waals surface area contributed by atoms with Crippen LogP contribution < -0.4 is 5.69 Å². The first-order valence-corrected chi connectivity index (χ1v) is 9.72. The van der Waals surface area contributed by atoms with Crippen LogP contribution in [0.4, 0.5) is 0 Å². The number of nitrogens with one attached hydrogen (secondary N) is 1. The fourth-order valence-corrected chi connectivity index (χ4v) is 3.82. The number of para-hydroxylation sites is 2. The number of benzene rings is 2. The summed E-state index contributed by atoms with van der Waals surface area (Å²) in [6.45, 7) is 3.86. The van der Waals surface area contributed by atoms with Gasteiger partial charge in [0.2, 0.25) is 5.91 Å². The number of aryl methyl sites for hydroxylation is 1. The largest absolute Gasteiger partial charge is 0.376 e. The monoisotopic (exact) mass is 379 g/mol. The van der Waals surface area contributed by atoms with Crippen LogP contribution in [-0.2, 0) is 22.6 Å². The summed E-state index contributed by atoms with van der Waals surface area (Å²) in [7, 11) is 0. The molecule has 0 spiro atoms. The maximum Gasteiger partial charge on any atom is 0.326 e. The number of fused-ring (bicyclic) bond motifs is 1. The molecule has 1 N–H and O–H groups in total. The minimum Gasteiger partial charge on any atom is -0.376 e. The number of aromatic amines is 1. The van der Waals surface area contributed by atoms with E-state index < -0.39 is 0 Å². The lowest BCUT2D eigenvalue weighted by atomic mass is 10.1. The summed E-state index contributed by atoms with van der Waals surface area (Å²) in [6.07, 6.45) is 2.05. The third-order valence-electron chi connectivity index (χ3n) is 5.23. The first kappa shape index (κ1) is 18.5. The van der Waals surface area contributed by atoms with Gasteiger partial charge in [-0.1, -0.05) is 42.0 Å². The van der Waals surface area contributed by atoms with Crippen molar-refractivity contribution in [1.82, 2.24) is 14.5 Å². The van der Waals surface area contributed by atoms with Gasteiger partial charge in [-0.3, -0.25) is 9.36 Å². The lowest BCUT2D eigenvalue weighted by molar-refractivity contribution is -0.134. The molecular formula is C22H25N3O3. The molecule has 0 unspecified atom stereocenters. The van der Waals surface area contributed by atoms with Crippen LogP contribution in [-0.4, -0.2) is 39.6 Å². The van der Waals surface area contributed by atoms with Gasteiger partial charge in [0.1, 0.15) is 6.54 Å². The zero-order valence-electron chi connectivity index (χ0n) is 16.1. The molecule has 6 nitrogen and oxygen atoms in total. The van der Waals surface area contributed by atoms with Gasteiger partial charge in [0.25, 0.3) is 0 Å². The van der Waals surface area contributed by atoms with Gasteiger partial charge in [-0.05, 0) is 37.5 Å². The molecular weight excluding hydrogens is 354 g/mol. The summed E-state index contributed by atoms with van der Waals surface area (Å²) >= 11 is 0. The highest BCUT2D eigenvalue weighted by Gasteiger charge is 2.24. The summed E-state index contributed by atoms with van der Waals surface area (Å²) < 4.78 is 7.27. The van der Waals surface area contributed by atoms with E-state index in [2.05, 4.69) is 11.1 Å². The van der Waals surface area contributed by atoms with Crippen LogP contribution in [0, 0.1) is 6.92 Å². The minimum atomic E-state index is -0.262. The number of aromatic nitrogens is 2. The van der Waals surface area contributed by atoms with E-state index in [1.54, 1.807) is 0 Å². The third kappa shape index (κ3) is 4.02. The molecule has 3 aromatic rings. The van der Waals surface area contributed by atoms with Gasteiger partial charge in [0, 0.05) is 19.7 Å². The second-order valence-corrected chi connectivity index (χ2v) is 7.43. The predicted molar refractivity (Wildman–Crippen MR) is 108 cm³/mol. The molecule has 2 heterocycles. The highest BCUT2D eigenvalue weighted by atomic mass is 16.5. The fraction of sp³-hybridized carbons (Fsp3) is 0.364. The van der Waals surface area contributed by atoms with Crippen molar-refractivity contribution in [2.45, 2.75) is 39.0 Å². The molecule has 1 aliphatic heterocycles. The average molecular weight is 379 g/mol. The van der Waals surface area contributed by atoms with Crippen molar-refractivity contribution in [3.63, 3.8) is 0 Å². The summed E-state index contributed by atoms with van der Waals surface area (Å²) in [4.78, 5) is 30.2. The summed E-state index contributed by atoms with van der Waals surface area (Å²) in [5.41, 5.74) is 3.47. The Morgan fingerprint density at radius 3 is 2.89 bits per heavy atom. The van der Waals surface area contributed by atoms with Gasteiger partial charge in [0.15, 0.2) is 0 Å². The molecule has 1 aliphatic rings. The van der Waals surface area contributed by atoms with Gasteiger partial charge in [-0.25, -0.2) is 4.79 Å². The Morgan fingerprint density at radius 2 is 2.11 bits per heavy atom. The standard InChI is InChI=1S/C22H25N3O3/c1-16-6-4-7-17(12-16)13-24(14-18-8-5-11-28-18)21(26)15-25-20-10-3-2-9-19(20)23-22(25)27/h2-4,6-7,9-10,12,18H,5,8,11,13-15H2,1H3,(H,23,27)/t18-/m1/s1. The molecule has 1 aromatic heterocycles. The molecule has 1 saturated heterocycles. The van der Waals surface area contributed by atoms with Crippen molar-refractivity contribution in [3.05, 3.63) is 70.1 Å². The number of amides is 1. The van der Waals surface area contributed by atoms with Gasteiger partial charge < -0.3 is 14.6 Å². The van der Waals surface area contributed by atoms with Crippen LogP contribution in [0.25, 0.3) is 11.0 Å². The Balaban J connectivity index is 1.58. The van der Waals surface area contributed by atoms with Crippen LogP contribution in [0.1, 0.15) is 24.0 Å². The Bertz CT molecular complexity index is 1030. The Morgan fingerprint density at radius 1 is 1.25 bits per heavy atom. The lowest BCUT2D eigenvalue weighted by Crippen LogP contribution is -2.40. The van der Waals surface area contributed by atoms with E-state index in [0.29, 0.717) is 13.1 Å². The SMILES string of the molecule is Cc1cccc(CN(C[C@H]2CCCO2)C(=O)Cn2c(=O)[nH]c3ccccc32)c1. The number of rotatable bonds is 6. The molecule has 0 bridgehead atoms. The Labute approximate surface area is 163 Å². The quantitative estimate of drug-likeness (QED) is 0.716. The topological polar surface area (TPSA) is 67.3 Å². The molecule has 1 atom stereocenters. The molecule has 28 heavy (non-hydrogen) atoms. The van der Waals surface area contributed by atoms with E-state index in [9.17, 15) is 9.59 Å². The average Bonchev–Trinajstić information content (AvgIpc) is 3.29. The number of hydrogen-bond donors (Lipinski definition) is 1. The van der Waals surface area contributed by atoms with Crippen LogP contribution >= 0.6 is 0 Å². The number of ether oxygens (including phenoxy) is 1. The Hall–Kier alpha value is -2.86. The zero-order chi connectivity index (χ0) is 19.5. The number of imidazole rings is 1.